The number of benzene rings is 1. The molecule has 1 atom stereocenters. The van der Waals surface area contributed by atoms with Gasteiger partial charge < -0.3 is 14.4 Å². The van der Waals surface area contributed by atoms with Crippen molar-refractivity contribution < 1.29 is 19.1 Å². The van der Waals surface area contributed by atoms with Crippen molar-refractivity contribution in [3.8, 4) is 16.3 Å². The molecular formula is C20H24N2O4S2. The first-order valence-corrected chi connectivity index (χ1v) is 11.4. The first-order valence-electron chi connectivity index (χ1n) is 9.33. The van der Waals surface area contributed by atoms with Crippen molar-refractivity contribution in [2.24, 2.45) is 0 Å². The molecule has 1 aliphatic rings. The Morgan fingerprint density at radius 1 is 1.21 bits per heavy atom. The number of ether oxygens (including phenoxy) is 2. The Kier molecular flexibility index (Phi) is 7.33. The van der Waals surface area contributed by atoms with Crippen molar-refractivity contribution >= 4 is 35.0 Å². The Bertz CT molecular complexity index is 807. The van der Waals surface area contributed by atoms with E-state index in [2.05, 4.69) is 4.98 Å². The second-order valence-corrected chi connectivity index (χ2v) is 8.22. The van der Waals surface area contributed by atoms with Crippen LogP contribution in [0.15, 0.2) is 29.6 Å². The molecule has 1 amide bonds. The normalized spacial score (nSPS) is 16.6. The minimum absolute atomic E-state index is 0.0816. The molecule has 1 saturated heterocycles. The minimum Gasteiger partial charge on any atom is -0.494 e. The highest BCUT2D eigenvalue weighted by Gasteiger charge is 2.33. The summed E-state index contributed by atoms with van der Waals surface area (Å²) in [4.78, 5) is 31.2. The molecule has 0 saturated carbocycles. The first kappa shape index (κ1) is 20.7. The topological polar surface area (TPSA) is 68.7 Å². The van der Waals surface area contributed by atoms with Gasteiger partial charge in [-0.25, -0.2) is 9.78 Å². The number of carbonyl (C=O) groups excluding carboxylic acids is 2. The van der Waals surface area contributed by atoms with Crippen LogP contribution in [0.2, 0.25) is 0 Å². The molecule has 6 nitrogen and oxygen atoms in total. The fraction of sp³-hybridized carbons (Fsp3) is 0.450. The summed E-state index contributed by atoms with van der Waals surface area (Å²) in [6.07, 6.45) is 0.189. The van der Waals surface area contributed by atoms with E-state index >= 15 is 0 Å². The Morgan fingerprint density at radius 3 is 2.71 bits per heavy atom. The van der Waals surface area contributed by atoms with Gasteiger partial charge in [0.15, 0.2) is 0 Å². The zero-order chi connectivity index (χ0) is 19.9. The van der Waals surface area contributed by atoms with Gasteiger partial charge in [-0.2, -0.15) is 11.8 Å². The second kappa shape index (κ2) is 9.93. The quantitative estimate of drug-likeness (QED) is 0.641. The van der Waals surface area contributed by atoms with Gasteiger partial charge in [-0.15, -0.1) is 11.3 Å². The molecule has 1 aromatic carbocycles. The third-order valence-corrected chi connectivity index (χ3v) is 6.27. The van der Waals surface area contributed by atoms with E-state index in [0.29, 0.717) is 25.5 Å². The molecule has 28 heavy (non-hydrogen) atoms. The van der Waals surface area contributed by atoms with E-state index in [1.807, 2.05) is 36.6 Å². The molecule has 0 spiro atoms. The maximum Gasteiger partial charge on any atom is 0.329 e. The fourth-order valence-corrected chi connectivity index (χ4v) is 4.83. The van der Waals surface area contributed by atoms with Crippen molar-refractivity contribution in [3.05, 3.63) is 35.3 Å². The van der Waals surface area contributed by atoms with Gasteiger partial charge >= 0.3 is 5.97 Å². The maximum atomic E-state index is 12.8. The van der Waals surface area contributed by atoms with Crippen LogP contribution in [0.4, 0.5) is 0 Å². The molecule has 0 unspecified atom stereocenters. The van der Waals surface area contributed by atoms with Gasteiger partial charge in [0.1, 0.15) is 16.8 Å². The summed E-state index contributed by atoms with van der Waals surface area (Å²) in [5.41, 5.74) is 1.71. The van der Waals surface area contributed by atoms with Crippen LogP contribution in [-0.2, 0) is 20.7 Å². The lowest BCUT2D eigenvalue weighted by Crippen LogP contribution is -2.51. The number of thiazole rings is 1. The van der Waals surface area contributed by atoms with E-state index in [9.17, 15) is 9.59 Å². The Labute approximate surface area is 173 Å². The summed E-state index contributed by atoms with van der Waals surface area (Å²) in [6, 6.07) is 7.26. The number of esters is 1. The lowest BCUT2D eigenvalue weighted by Gasteiger charge is -2.33. The lowest BCUT2D eigenvalue weighted by molar-refractivity contribution is -0.153. The van der Waals surface area contributed by atoms with Crippen LogP contribution in [0.25, 0.3) is 10.6 Å². The number of amides is 1. The zero-order valence-corrected chi connectivity index (χ0v) is 17.7. The molecule has 2 aromatic rings. The van der Waals surface area contributed by atoms with E-state index < -0.39 is 6.04 Å². The Balaban J connectivity index is 1.66. The van der Waals surface area contributed by atoms with E-state index in [4.69, 9.17) is 9.47 Å². The smallest absolute Gasteiger partial charge is 0.329 e. The summed E-state index contributed by atoms with van der Waals surface area (Å²) in [6.45, 7) is 5.23. The molecule has 1 aliphatic heterocycles. The van der Waals surface area contributed by atoms with Crippen LogP contribution in [0.1, 0.15) is 19.5 Å². The molecule has 2 heterocycles. The predicted octanol–water partition coefficient (Wildman–Crippen LogP) is 3.26. The largest absolute Gasteiger partial charge is 0.494 e. The second-order valence-electron chi connectivity index (χ2n) is 6.21. The molecule has 0 bridgehead atoms. The van der Waals surface area contributed by atoms with Gasteiger partial charge in [-0.3, -0.25) is 4.79 Å². The van der Waals surface area contributed by atoms with Crippen molar-refractivity contribution in [2.45, 2.75) is 26.3 Å². The van der Waals surface area contributed by atoms with Crippen LogP contribution in [0, 0.1) is 0 Å². The summed E-state index contributed by atoms with van der Waals surface area (Å²) < 4.78 is 10.6. The fourth-order valence-electron chi connectivity index (χ4n) is 2.97. The molecular weight excluding hydrogens is 396 g/mol. The maximum absolute atomic E-state index is 12.8. The Morgan fingerprint density at radius 2 is 2.00 bits per heavy atom. The van der Waals surface area contributed by atoms with Gasteiger partial charge in [0.05, 0.1) is 25.3 Å². The minimum atomic E-state index is -0.504. The number of aromatic nitrogens is 1. The van der Waals surface area contributed by atoms with Crippen molar-refractivity contribution in [1.29, 1.82) is 0 Å². The van der Waals surface area contributed by atoms with Gasteiger partial charge in [-0.1, -0.05) is 0 Å². The molecule has 150 valence electrons. The molecule has 1 aromatic heterocycles. The molecule has 0 N–H and O–H groups in total. The third kappa shape index (κ3) is 5.05. The molecule has 3 rings (SSSR count). The third-order valence-electron chi connectivity index (χ3n) is 4.30. The number of thioether (sulfide) groups is 1. The van der Waals surface area contributed by atoms with Crippen LogP contribution >= 0.6 is 23.1 Å². The van der Waals surface area contributed by atoms with Crippen molar-refractivity contribution in [3.63, 3.8) is 0 Å². The standard InChI is InChI=1S/C20H24N2O4S2/c1-3-25-16-7-5-14(6-8-16)19-21-15(12-28-19)11-18(23)22-9-10-27-13-17(22)20(24)26-4-2/h5-8,12,17H,3-4,9-11,13H2,1-2H3/t17-/m0/s1. The monoisotopic (exact) mass is 420 g/mol. The van der Waals surface area contributed by atoms with Gasteiger partial charge in [0.2, 0.25) is 5.91 Å². The van der Waals surface area contributed by atoms with Gasteiger partial charge in [-0.05, 0) is 38.1 Å². The number of hydrogen-bond acceptors (Lipinski definition) is 7. The highest BCUT2D eigenvalue weighted by Crippen LogP contribution is 2.26. The van der Waals surface area contributed by atoms with Gasteiger partial charge in [0.25, 0.3) is 0 Å². The SMILES string of the molecule is CCOC(=O)[C@@H]1CSCCN1C(=O)Cc1csc(-c2ccc(OCC)cc2)n1. The number of nitrogens with zero attached hydrogens (tertiary/aromatic N) is 2. The predicted molar refractivity (Wildman–Crippen MR) is 112 cm³/mol. The van der Waals surface area contributed by atoms with E-state index in [0.717, 1.165) is 27.8 Å². The van der Waals surface area contributed by atoms with Crippen molar-refractivity contribution in [2.75, 3.05) is 31.3 Å². The summed E-state index contributed by atoms with van der Waals surface area (Å²) >= 11 is 3.18. The van der Waals surface area contributed by atoms with E-state index in [1.165, 1.54) is 11.3 Å². The number of carbonyl (C=O) groups is 2. The van der Waals surface area contributed by atoms with Crippen LogP contribution < -0.4 is 4.74 Å². The molecule has 1 fully saturated rings. The molecule has 0 radical (unpaired) electrons. The summed E-state index contributed by atoms with van der Waals surface area (Å²) in [5.74, 6) is 1.83. The number of hydrogen-bond donors (Lipinski definition) is 0. The summed E-state index contributed by atoms with van der Waals surface area (Å²) in [7, 11) is 0. The summed E-state index contributed by atoms with van der Waals surface area (Å²) in [5, 5.41) is 2.77. The molecule has 0 aliphatic carbocycles. The van der Waals surface area contributed by atoms with Gasteiger partial charge in [0, 0.05) is 29.0 Å². The zero-order valence-electron chi connectivity index (χ0n) is 16.1. The lowest BCUT2D eigenvalue weighted by atomic mass is 10.2. The average Bonchev–Trinajstić information content (AvgIpc) is 3.17. The van der Waals surface area contributed by atoms with E-state index in [-0.39, 0.29) is 18.3 Å². The van der Waals surface area contributed by atoms with Crippen LogP contribution in [0.3, 0.4) is 0 Å². The highest BCUT2D eigenvalue weighted by molar-refractivity contribution is 7.99. The van der Waals surface area contributed by atoms with E-state index in [1.54, 1.807) is 23.6 Å². The van der Waals surface area contributed by atoms with Crippen LogP contribution in [0.5, 0.6) is 5.75 Å². The first-order chi connectivity index (χ1) is 13.6. The highest BCUT2D eigenvalue weighted by atomic mass is 32.2. The molecule has 8 heteroatoms. The van der Waals surface area contributed by atoms with Crippen LogP contribution in [-0.4, -0.2) is 59.1 Å². The number of rotatable bonds is 7. The van der Waals surface area contributed by atoms with Crippen molar-refractivity contribution in [1.82, 2.24) is 9.88 Å². The average molecular weight is 421 g/mol. The Hall–Kier alpha value is -2.06.